The van der Waals surface area contributed by atoms with Crippen LogP contribution in [0.4, 0.5) is 0 Å². The van der Waals surface area contributed by atoms with Gasteiger partial charge in [-0.05, 0) is 23.1 Å². The van der Waals surface area contributed by atoms with Crippen molar-refractivity contribution in [1.29, 1.82) is 0 Å². The first-order valence-corrected chi connectivity index (χ1v) is 5.47. The molecule has 2 aromatic heterocycles. The first-order chi connectivity index (χ1) is 7.70. The molecule has 0 aliphatic rings. The van der Waals surface area contributed by atoms with E-state index >= 15 is 0 Å². The average molecular weight is 234 g/mol. The lowest BCUT2D eigenvalue weighted by atomic mass is 10.1. The number of aromatic nitrogens is 1. The molecule has 0 unspecified atom stereocenters. The van der Waals surface area contributed by atoms with Crippen LogP contribution in [0.3, 0.4) is 0 Å². The maximum atomic E-state index is 10.9. The fourth-order valence-corrected chi connectivity index (χ4v) is 2.06. The molecule has 2 N–H and O–H groups in total. The molecule has 0 aliphatic heterocycles. The molecule has 2 rings (SSSR count). The summed E-state index contributed by atoms with van der Waals surface area (Å²) in [4.78, 5) is 15.6. The molecule has 0 radical (unpaired) electrons. The molecule has 82 valence electrons. The molecule has 2 heterocycles. The summed E-state index contributed by atoms with van der Waals surface area (Å²) >= 11 is 1.33. The van der Waals surface area contributed by atoms with E-state index in [-0.39, 0.29) is 0 Å². The lowest BCUT2D eigenvalue weighted by Gasteiger charge is -1.99. The molecular formula is C11H10N2O2S. The van der Waals surface area contributed by atoms with E-state index in [1.54, 1.807) is 25.4 Å². The maximum absolute atomic E-state index is 10.9. The van der Waals surface area contributed by atoms with Crippen LogP contribution in [0.2, 0.25) is 0 Å². The van der Waals surface area contributed by atoms with Crippen LogP contribution in [0.1, 0.15) is 9.67 Å². The molecule has 0 spiro atoms. The monoisotopic (exact) mass is 234 g/mol. The van der Waals surface area contributed by atoms with Crippen molar-refractivity contribution in [1.82, 2.24) is 4.98 Å². The Balaban J connectivity index is 2.31. The van der Waals surface area contributed by atoms with Gasteiger partial charge < -0.3 is 10.5 Å². The highest BCUT2D eigenvalue weighted by molar-refractivity contribution is 7.12. The summed E-state index contributed by atoms with van der Waals surface area (Å²) in [5.74, 6) is 0.159. The van der Waals surface area contributed by atoms with E-state index in [1.807, 2.05) is 11.4 Å². The van der Waals surface area contributed by atoms with Crippen molar-refractivity contribution in [2.24, 2.45) is 5.73 Å². The van der Waals surface area contributed by atoms with Gasteiger partial charge >= 0.3 is 0 Å². The van der Waals surface area contributed by atoms with Gasteiger partial charge in [0, 0.05) is 17.8 Å². The number of nitrogens with zero attached hydrogens (tertiary/aromatic N) is 1. The molecule has 0 saturated carbocycles. The Bertz CT molecular complexity index is 505. The van der Waals surface area contributed by atoms with Gasteiger partial charge in [0.05, 0.1) is 12.0 Å². The minimum absolute atomic E-state index is 0.405. The molecule has 0 aliphatic carbocycles. The highest BCUT2D eigenvalue weighted by Crippen LogP contribution is 2.25. The Kier molecular flexibility index (Phi) is 2.87. The maximum Gasteiger partial charge on any atom is 0.258 e. The van der Waals surface area contributed by atoms with Crippen LogP contribution in [0.15, 0.2) is 29.8 Å². The van der Waals surface area contributed by atoms with Crippen molar-refractivity contribution in [3.05, 3.63) is 34.7 Å². The predicted octanol–water partition coefficient (Wildman–Crippen LogP) is 1.92. The topological polar surface area (TPSA) is 65.2 Å². The summed E-state index contributed by atoms with van der Waals surface area (Å²) in [5.41, 5.74) is 7.06. The lowest BCUT2D eigenvalue weighted by Crippen LogP contribution is -2.08. The average Bonchev–Trinajstić information content (AvgIpc) is 2.78. The molecule has 5 heteroatoms. The number of primary amides is 1. The summed E-state index contributed by atoms with van der Waals surface area (Å²) in [7, 11) is 1.57. The van der Waals surface area contributed by atoms with Crippen LogP contribution < -0.4 is 10.5 Å². The normalized spacial score (nSPS) is 10.1. The van der Waals surface area contributed by atoms with E-state index in [0.717, 1.165) is 11.1 Å². The number of ether oxygens (including phenoxy) is 1. The predicted molar refractivity (Wildman–Crippen MR) is 62.6 cm³/mol. The quantitative estimate of drug-likeness (QED) is 0.882. The molecule has 0 fully saturated rings. The van der Waals surface area contributed by atoms with E-state index in [2.05, 4.69) is 4.98 Å². The highest BCUT2D eigenvalue weighted by atomic mass is 32.1. The zero-order chi connectivity index (χ0) is 11.5. The molecule has 0 atom stereocenters. The Morgan fingerprint density at radius 3 is 2.75 bits per heavy atom. The molecule has 4 nitrogen and oxygen atoms in total. The number of thiophene rings is 1. The number of hydrogen-bond acceptors (Lipinski definition) is 4. The molecule has 0 aromatic carbocycles. The van der Waals surface area contributed by atoms with E-state index in [4.69, 9.17) is 10.5 Å². The van der Waals surface area contributed by atoms with Gasteiger partial charge in [0.25, 0.3) is 5.91 Å². The van der Waals surface area contributed by atoms with Crippen molar-refractivity contribution >= 4 is 17.2 Å². The number of carbonyl (C=O) groups is 1. The fourth-order valence-electron chi connectivity index (χ4n) is 1.29. The van der Waals surface area contributed by atoms with Crippen LogP contribution in [-0.4, -0.2) is 18.0 Å². The number of methoxy groups -OCH3 is 1. The summed E-state index contributed by atoms with van der Waals surface area (Å²) in [6.07, 6.45) is 1.70. The number of amides is 1. The van der Waals surface area contributed by atoms with Crippen LogP contribution in [0.5, 0.6) is 5.88 Å². The van der Waals surface area contributed by atoms with Crippen LogP contribution in [-0.2, 0) is 0 Å². The minimum atomic E-state index is -0.405. The fraction of sp³-hybridized carbons (Fsp3) is 0.0909. The summed E-state index contributed by atoms with van der Waals surface area (Å²) in [6, 6.07) is 5.42. The summed E-state index contributed by atoms with van der Waals surface area (Å²) in [6.45, 7) is 0. The first-order valence-electron chi connectivity index (χ1n) is 4.59. The molecule has 2 aromatic rings. The van der Waals surface area contributed by atoms with Gasteiger partial charge in [-0.25, -0.2) is 4.98 Å². The van der Waals surface area contributed by atoms with Crippen molar-refractivity contribution in [2.45, 2.75) is 0 Å². The Morgan fingerprint density at radius 1 is 1.44 bits per heavy atom. The second kappa shape index (κ2) is 4.32. The lowest BCUT2D eigenvalue weighted by molar-refractivity contribution is 0.100. The van der Waals surface area contributed by atoms with Crippen molar-refractivity contribution in [2.75, 3.05) is 7.11 Å². The zero-order valence-electron chi connectivity index (χ0n) is 8.64. The molecule has 16 heavy (non-hydrogen) atoms. The van der Waals surface area contributed by atoms with Crippen LogP contribution in [0, 0.1) is 0 Å². The largest absolute Gasteiger partial charge is 0.481 e. The van der Waals surface area contributed by atoms with E-state index in [1.165, 1.54) is 11.3 Å². The van der Waals surface area contributed by atoms with E-state index in [9.17, 15) is 4.79 Å². The minimum Gasteiger partial charge on any atom is -0.481 e. The first kappa shape index (κ1) is 10.6. The highest BCUT2D eigenvalue weighted by Gasteiger charge is 2.06. The standard InChI is InChI=1S/C11H10N2O2S/c1-15-10-3-2-7(5-13-10)8-4-9(11(12)14)16-6-8/h2-6H,1H3,(H2,12,14). The SMILES string of the molecule is COc1ccc(-c2csc(C(N)=O)c2)cn1. The van der Waals surface area contributed by atoms with Crippen molar-refractivity contribution in [3.63, 3.8) is 0 Å². The van der Waals surface area contributed by atoms with E-state index < -0.39 is 5.91 Å². The number of nitrogens with two attached hydrogens (primary N) is 1. The third-order valence-electron chi connectivity index (χ3n) is 2.12. The molecular weight excluding hydrogens is 224 g/mol. The smallest absolute Gasteiger partial charge is 0.258 e. The third-order valence-corrected chi connectivity index (χ3v) is 3.07. The third kappa shape index (κ3) is 2.04. The van der Waals surface area contributed by atoms with Gasteiger partial charge in [-0.3, -0.25) is 4.79 Å². The summed E-state index contributed by atoms with van der Waals surface area (Å²) in [5, 5.41) is 1.88. The Hall–Kier alpha value is -1.88. The number of pyridine rings is 1. The Morgan fingerprint density at radius 2 is 2.25 bits per heavy atom. The number of carbonyl (C=O) groups excluding carboxylic acids is 1. The van der Waals surface area contributed by atoms with Gasteiger partial charge in [-0.15, -0.1) is 11.3 Å². The van der Waals surface area contributed by atoms with Gasteiger partial charge in [-0.2, -0.15) is 0 Å². The van der Waals surface area contributed by atoms with Gasteiger partial charge in [0.2, 0.25) is 5.88 Å². The molecule has 0 saturated heterocycles. The van der Waals surface area contributed by atoms with Crippen molar-refractivity contribution < 1.29 is 9.53 Å². The second-order valence-electron chi connectivity index (χ2n) is 3.15. The van der Waals surface area contributed by atoms with Gasteiger partial charge in [0.15, 0.2) is 0 Å². The number of hydrogen-bond donors (Lipinski definition) is 1. The molecule has 0 bridgehead atoms. The molecule has 1 amide bonds. The van der Waals surface area contributed by atoms with Crippen LogP contribution >= 0.6 is 11.3 Å². The Labute approximate surface area is 96.7 Å². The van der Waals surface area contributed by atoms with Crippen molar-refractivity contribution in [3.8, 4) is 17.0 Å². The van der Waals surface area contributed by atoms with Crippen LogP contribution in [0.25, 0.3) is 11.1 Å². The van der Waals surface area contributed by atoms with E-state index in [0.29, 0.717) is 10.8 Å². The zero-order valence-corrected chi connectivity index (χ0v) is 9.45. The summed E-state index contributed by atoms with van der Waals surface area (Å²) < 4.78 is 4.97. The second-order valence-corrected chi connectivity index (χ2v) is 4.06. The van der Waals surface area contributed by atoms with Gasteiger partial charge in [0.1, 0.15) is 0 Å². The van der Waals surface area contributed by atoms with Gasteiger partial charge in [-0.1, -0.05) is 0 Å². The number of rotatable bonds is 3.